The fourth-order valence-corrected chi connectivity index (χ4v) is 2.54. The Bertz CT molecular complexity index is 1040. The zero-order valence-corrected chi connectivity index (χ0v) is 16.3. The number of aromatic nitrogens is 2. The minimum Gasteiger partial charge on any atom is -0.454 e. The SMILES string of the molecule is CC(C)c1ccc(/C=C/C(=O)OCC(=O)c2c(N)n(C)c(=O)n(C)c2=O)cc1. The molecule has 8 heteroatoms. The first-order valence-corrected chi connectivity index (χ1v) is 8.67. The van der Waals surface area contributed by atoms with E-state index in [4.69, 9.17) is 10.5 Å². The van der Waals surface area contributed by atoms with Crippen molar-refractivity contribution in [1.82, 2.24) is 9.13 Å². The molecule has 8 nitrogen and oxygen atoms in total. The predicted molar refractivity (Wildman–Crippen MR) is 106 cm³/mol. The fourth-order valence-electron chi connectivity index (χ4n) is 2.54. The van der Waals surface area contributed by atoms with Gasteiger partial charge in [-0.3, -0.25) is 18.7 Å². The number of nitrogens with two attached hydrogens (primary N) is 1. The molecule has 0 bridgehead atoms. The Morgan fingerprint density at radius 1 is 1.11 bits per heavy atom. The Kier molecular flexibility index (Phi) is 6.35. The number of rotatable bonds is 6. The number of benzene rings is 1. The van der Waals surface area contributed by atoms with Crippen LogP contribution in [0.15, 0.2) is 39.9 Å². The normalized spacial score (nSPS) is 11.2. The Labute approximate surface area is 161 Å². The van der Waals surface area contributed by atoms with Crippen molar-refractivity contribution >= 4 is 23.6 Å². The van der Waals surface area contributed by atoms with Crippen LogP contribution in [0, 0.1) is 0 Å². The van der Waals surface area contributed by atoms with Gasteiger partial charge >= 0.3 is 11.7 Å². The van der Waals surface area contributed by atoms with Crippen molar-refractivity contribution in [1.29, 1.82) is 0 Å². The Balaban J connectivity index is 2.06. The molecule has 1 heterocycles. The lowest BCUT2D eigenvalue weighted by molar-refractivity contribution is -0.136. The van der Waals surface area contributed by atoms with Crippen molar-refractivity contribution in [2.45, 2.75) is 19.8 Å². The molecule has 0 atom stereocenters. The van der Waals surface area contributed by atoms with Gasteiger partial charge in [0.15, 0.2) is 6.61 Å². The van der Waals surface area contributed by atoms with Crippen LogP contribution in [0.25, 0.3) is 6.08 Å². The Morgan fingerprint density at radius 2 is 1.71 bits per heavy atom. The second-order valence-electron chi connectivity index (χ2n) is 6.65. The molecule has 28 heavy (non-hydrogen) atoms. The average molecular weight is 385 g/mol. The van der Waals surface area contributed by atoms with Crippen LogP contribution < -0.4 is 17.0 Å². The van der Waals surface area contributed by atoms with Crippen LogP contribution >= 0.6 is 0 Å². The summed E-state index contributed by atoms with van der Waals surface area (Å²) >= 11 is 0. The molecule has 0 fully saturated rings. The summed E-state index contributed by atoms with van der Waals surface area (Å²) in [7, 11) is 2.58. The molecule has 1 aromatic heterocycles. The van der Waals surface area contributed by atoms with Crippen LogP contribution in [0.5, 0.6) is 0 Å². The molecule has 2 N–H and O–H groups in total. The van der Waals surface area contributed by atoms with Crippen molar-refractivity contribution in [2.24, 2.45) is 14.1 Å². The molecule has 0 saturated heterocycles. The third kappa shape index (κ3) is 4.46. The van der Waals surface area contributed by atoms with E-state index in [1.165, 1.54) is 25.7 Å². The van der Waals surface area contributed by atoms with Gasteiger partial charge in [0.05, 0.1) is 0 Å². The molecule has 0 spiro atoms. The molecule has 0 aliphatic heterocycles. The predicted octanol–water partition coefficient (Wildman–Crippen LogP) is 1.23. The number of carbonyl (C=O) groups is 2. The van der Waals surface area contributed by atoms with Gasteiger partial charge in [0.1, 0.15) is 11.4 Å². The van der Waals surface area contributed by atoms with Crippen LogP contribution in [-0.4, -0.2) is 27.5 Å². The van der Waals surface area contributed by atoms with Gasteiger partial charge in [-0.2, -0.15) is 0 Å². The largest absolute Gasteiger partial charge is 0.454 e. The summed E-state index contributed by atoms with van der Waals surface area (Å²) in [5.41, 5.74) is 5.83. The standard InChI is InChI=1S/C20H23N3O5/c1-12(2)14-8-5-13(6-9-14)7-10-16(25)28-11-15(24)17-18(21)22(3)20(27)23(4)19(17)26/h5-10,12H,11,21H2,1-4H3/b10-7+. The highest BCUT2D eigenvalue weighted by atomic mass is 16.5. The molecule has 1 aromatic carbocycles. The fraction of sp³-hybridized carbons (Fsp3) is 0.300. The quantitative estimate of drug-likeness (QED) is 0.454. The number of carbonyl (C=O) groups excluding carboxylic acids is 2. The van der Waals surface area contributed by atoms with Crippen LogP contribution in [0.2, 0.25) is 0 Å². The summed E-state index contributed by atoms with van der Waals surface area (Å²) in [6.07, 6.45) is 2.76. The summed E-state index contributed by atoms with van der Waals surface area (Å²) in [5.74, 6) is -1.38. The molecule has 0 aliphatic rings. The lowest BCUT2D eigenvalue weighted by atomic mass is 10.0. The van der Waals surface area contributed by atoms with E-state index >= 15 is 0 Å². The van der Waals surface area contributed by atoms with E-state index < -0.39 is 29.6 Å². The zero-order valence-electron chi connectivity index (χ0n) is 16.3. The summed E-state index contributed by atoms with van der Waals surface area (Å²) in [4.78, 5) is 48.0. The Hall–Kier alpha value is -3.42. The molecular formula is C20H23N3O5. The van der Waals surface area contributed by atoms with Crippen LogP contribution in [-0.2, 0) is 23.6 Å². The van der Waals surface area contributed by atoms with Gasteiger partial charge in [0, 0.05) is 20.2 Å². The van der Waals surface area contributed by atoms with Gasteiger partial charge in [-0.15, -0.1) is 0 Å². The number of hydrogen-bond acceptors (Lipinski definition) is 6. The molecule has 0 amide bonds. The van der Waals surface area contributed by atoms with Gasteiger partial charge in [-0.05, 0) is 23.1 Å². The van der Waals surface area contributed by atoms with Gasteiger partial charge in [0.2, 0.25) is 5.78 Å². The summed E-state index contributed by atoms with van der Waals surface area (Å²) in [5, 5.41) is 0. The van der Waals surface area contributed by atoms with Crippen molar-refractivity contribution < 1.29 is 14.3 Å². The van der Waals surface area contributed by atoms with E-state index in [2.05, 4.69) is 13.8 Å². The highest BCUT2D eigenvalue weighted by Gasteiger charge is 2.21. The van der Waals surface area contributed by atoms with Crippen molar-refractivity contribution in [3.63, 3.8) is 0 Å². The molecule has 2 aromatic rings. The summed E-state index contributed by atoms with van der Waals surface area (Å²) in [6.45, 7) is 3.51. The third-order valence-electron chi connectivity index (χ3n) is 4.35. The second-order valence-corrected chi connectivity index (χ2v) is 6.65. The maximum atomic E-state index is 12.3. The topological polar surface area (TPSA) is 113 Å². The number of nitrogens with zero attached hydrogens (tertiary/aromatic N) is 2. The number of nitrogen functional groups attached to an aromatic ring is 1. The first kappa shape index (κ1) is 20.9. The number of Topliss-reactive ketones (excluding diaryl/α,β-unsaturated/α-hetero) is 1. The van der Waals surface area contributed by atoms with E-state index in [1.54, 1.807) is 6.08 Å². The number of anilines is 1. The van der Waals surface area contributed by atoms with E-state index in [0.29, 0.717) is 5.92 Å². The van der Waals surface area contributed by atoms with Crippen molar-refractivity contribution in [3.05, 3.63) is 67.9 Å². The molecule has 148 valence electrons. The van der Waals surface area contributed by atoms with Crippen molar-refractivity contribution in [3.8, 4) is 0 Å². The lowest BCUT2D eigenvalue weighted by Crippen LogP contribution is -2.42. The summed E-state index contributed by atoms with van der Waals surface area (Å²) in [6, 6.07) is 7.69. The first-order valence-electron chi connectivity index (χ1n) is 8.67. The number of esters is 1. The van der Waals surface area contributed by atoms with Crippen LogP contribution in [0.1, 0.15) is 41.3 Å². The Morgan fingerprint density at radius 3 is 2.29 bits per heavy atom. The van der Waals surface area contributed by atoms with E-state index in [9.17, 15) is 19.2 Å². The molecular weight excluding hydrogens is 362 g/mol. The molecule has 0 radical (unpaired) electrons. The van der Waals surface area contributed by atoms with Gasteiger partial charge in [0.25, 0.3) is 5.56 Å². The van der Waals surface area contributed by atoms with E-state index in [-0.39, 0.29) is 11.4 Å². The minimum atomic E-state index is -0.831. The van der Waals surface area contributed by atoms with Gasteiger partial charge in [-0.1, -0.05) is 38.1 Å². The zero-order chi connectivity index (χ0) is 21.0. The lowest BCUT2D eigenvalue weighted by Gasteiger charge is -2.10. The van der Waals surface area contributed by atoms with Crippen LogP contribution in [0.3, 0.4) is 0 Å². The van der Waals surface area contributed by atoms with Crippen molar-refractivity contribution in [2.75, 3.05) is 12.3 Å². The maximum Gasteiger partial charge on any atom is 0.332 e. The number of ketones is 1. The molecule has 0 saturated carbocycles. The van der Waals surface area contributed by atoms with Gasteiger partial charge < -0.3 is 10.5 Å². The smallest absolute Gasteiger partial charge is 0.332 e. The molecule has 0 unspecified atom stereocenters. The van der Waals surface area contributed by atoms with E-state index in [1.807, 2.05) is 24.3 Å². The summed E-state index contributed by atoms with van der Waals surface area (Å²) < 4.78 is 6.65. The maximum absolute atomic E-state index is 12.3. The van der Waals surface area contributed by atoms with Crippen LogP contribution in [0.4, 0.5) is 5.82 Å². The minimum absolute atomic E-state index is 0.269. The monoisotopic (exact) mass is 385 g/mol. The van der Waals surface area contributed by atoms with Gasteiger partial charge in [-0.25, -0.2) is 9.59 Å². The molecule has 2 rings (SSSR count). The number of ether oxygens (including phenoxy) is 1. The number of hydrogen-bond donors (Lipinski definition) is 1. The second kappa shape index (κ2) is 8.51. The first-order chi connectivity index (χ1) is 13.1. The average Bonchev–Trinajstić information content (AvgIpc) is 2.68. The highest BCUT2D eigenvalue weighted by Crippen LogP contribution is 2.15. The molecule has 0 aliphatic carbocycles. The third-order valence-corrected chi connectivity index (χ3v) is 4.35. The van der Waals surface area contributed by atoms with E-state index in [0.717, 1.165) is 14.7 Å². The highest BCUT2D eigenvalue weighted by molar-refractivity contribution is 6.01.